The molecule has 0 spiro atoms. The molecule has 2 aromatic carbocycles. The van der Waals surface area contributed by atoms with Gasteiger partial charge in [-0.2, -0.15) is 0 Å². The minimum Gasteiger partial charge on any atom is -0.476 e. The maximum atomic E-state index is 13.0. The molecule has 126 valence electrons. The smallest absolute Gasteiger partial charge is 0.268 e. The molecule has 1 aliphatic heterocycles. The van der Waals surface area contributed by atoms with E-state index in [9.17, 15) is 9.90 Å². The number of carbonyl (C=O) groups is 1. The Labute approximate surface area is 146 Å². The first-order valence-corrected chi connectivity index (χ1v) is 8.42. The Morgan fingerprint density at radius 1 is 1.21 bits per heavy atom. The van der Waals surface area contributed by atoms with Crippen LogP contribution in [-0.2, 0) is 4.79 Å². The maximum absolute atomic E-state index is 13.0. The Hall–Kier alpha value is -2.04. The summed E-state index contributed by atoms with van der Waals surface area (Å²) in [5, 5.41) is 9.92. The van der Waals surface area contributed by atoms with Crippen LogP contribution in [0.15, 0.2) is 54.6 Å². The number of amides is 1. The van der Waals surface area contributed by atoms with Gasteiger partial charge in [-0.15, -0.1) is 0 Å². The quantitative estimate of drug-likeness (QED) is 0.904. The van der Waals surface area contributed by atoms with Crippen LogP contribution in [0, 0.1) is 5.92 Å². The van der Waals surface area contributed by atoms with E-state index in [0.29, 0.717) is 23.9 Å². The number of benzene rings is 2. The molecular weight excluding hydrogens is 326 g/mol. The number of carbonyl (C=O) groups excluding carboxylic acids is 1. The number of ether oxygens (including phenoxy) is 1. The van der Waals surface area contributed by atoms with Gasteiger partial charge in [0.25, 0.3) is 5.91 Å². The predicted molar refractivity (Wildman–Crippen MR) is 93.0 cm³/mol. The van der Waals surface area contributed by atoms with Crippen molar-refractivity contribution in [2.75, 3.05) is 19.7 Å². The molecular formula is C19H20ClNO3. The zero-order chi connectivity index (χ0) is 16.9. The SMILES string of the molecule is O=C(C(Oc1ccc(Cl)cc1)c1ccccc1)N1CCC(CO)C1. The molecule has 2 unspecified atom stereocenters. The third-order valence-corrected chi connectivity index (χ3v) is 4.50. The van der Waals surface area contributed by atoms with E-state index in [4.69, 9.17) is 16.3 Å². The summed E-state index contributed by atoms with van der Waals surface area (Å²) in [6.45, 7) is 1.33. The van der Waals surface area contributed by atoms with Crippen LogP contribution in [0.25, 0.3) is 0 Å². The van der Waals surface area contributed by atoms with Gasteiger partial charge in [0.2, 0.25) is 6.10 Å². The number of likely N-dealkylation sites (tertiary alicyclic amines) is 1. The summed E-state index contributed by atoms with van der Waals surface area (Å²) < 4.78 is 5.99. The fourth-order valence-corrected chi connectivity index (χ4v) is 3.01. The average molecular weight is 346 g/mol. The number of nitrogens with zero attached hydrogens (tertiary/aromatic N) is 1. The standard InChI is InChI=1S/C19H20ClNO3/c20-16-6-8-17(9-7-16)24-18(15-4-2-1-3-5-15)19(23)21-11-10-14(12-21)13-22/h1-9,14,18,22H,10-13H2. The molecule has 24 heavy (non-hydrogen) atoms. The van der Waals surface area contributed by atoms with Gasteiger partial charge in [0.1, 0.15) is 5.75 Å². The fraction of sp³-hybridized carbons (Fsp3) is 0.316. The Bertz CT molecular complexity index is 675. The van der Waals surface area contributed by atoms with Crippen molar-refractivity contribution in [2.45, 2.75) is 12.5 Å². The minimum absolute atomic E-state index is 0.0768. The minimum atomic E-state index is -0.704. The Balaban J connectivity index is 1.82. The van der Waals surface area contributed by atoms with Gasteiger partial charge in [-0.25, -0.2) is 0 Å². The van der Waals surface area contributed by atoms with Gasteiger partial charge in [-0.1, -0.05) is 41.9 Å². The molecule has 0 aliphatic carbocycles. The number of aliphatic hydroxyl groups excluding tert-OH is 1. The lowest BCUT2D eigenvalue weighted by atomic mass is 10.1. The lowest BCUT2D eigenvalue weighted by molar-refractivity contribution is -0.138. The van der Waals surface area contributed by atoms with Crippen LogP contribution < -0.4 is 4.74 Å². The van der Waals surface area contributed by atoms with Crippen LogP contribution in [0.5, 0.6) is 5.75 Å². The van der Waals surface area contributed by atoms with Gasteiger partial charge in [0.15, 0.2) is 0 Å². The van der Waals surface area contributed by atoms with Crippen molar-refractivity contribution in [1.29, 1.82) is 0 Å². The van der Waals surface area contributed by atoms with Crippen LogP contribution in [0.4, 0.5) is 0 Å². The highest BCUT2D eigenvalue weighted by Crippen LogP contribution is 2.27. The molecule has 1 N–H and O–H groups in total. The van der Waals surface area contributed by atoms with Crippen molar-refractivity contribution < 1.29 is 14.6 Å². The van der Waals surface area contributed by atoms with Crippen LogP contribution in [0.1, 0.15) is 18.1 Å². The fourth-order valence-electron chi connectivity index (χ4n) is 2.89. The molecule has 5 heteroatoms. The van der Waals surface area contributed by atoms with Crippen molar-refractivity contribution in [3.63, 3.8) is 0 Å². The first kappa shape index (κ1) is 16.8. The second kappa shape index (κ2) is 7.69. The number of halogens is 1. The summed E-state index contributed by atoms with van der Waals surface area (Å²) in [7, 11) is 0. The summed E-state index contributed by atoms with van der Waals surface area (Å²) in [5.41, 5.74) is 0.810. The molecule has 2 aromatic rings. The first-order chi connectivity index (χ1) is 11.7. The van der Waals surface area contributed by atoms with Crippen molar-refractivity contribution in [1.82, 2.24) is 4.90 Å². The Morgan fingerprint density at radius 2 is 1.92 bits per heavy atom. The zero-order valence-electron chi connectivity index (χ0n) is 13.3. The third-order valence-electron chi connectivity index (χ3n) is 4.25. The summed E-state index contributed by atoms with van der Waals surface area (Å²) in [5.74, 6) is 0.674. The molecule has 2 atom stereocenters. The van der Waals surface area contributed by atoms with E-state index in [1.54, 1.807) is 29.2 Å². The van der Waals surface area contributed by atoms with Gasteiger partial charge in [0.05, 0.1) is 0 Å². The van der Waals surface area contributed by atoms with Gasteiger partial charge < -0.3 is 14.7 Å². The van der Waals surface area contributed by atoms with Gasteiger partial charge in [-0.05, 0) is 30.7 Å². The highest BCUT2D eigenvalue weighted by molar-refractivity contribution is 6.30. The van der Waals surface area contributed by atoms with Gasteiger partial charge in [-0.3, -0.25) is 4.79 Å². The highest BCUT2D eigenvalue weighted by Gasteiger charge is 2.32. The predicted octanol–water partition coefficient (Wildman–Crippen LogP) is 3.30. The van der Waals surface area contributed by atoms with E-state index in [2.05, 4.69) is 0 Å². The van der Waals surface area contributed by atoms with E-state index < -0.39 is 6.10 Å². The number of hydrogen-bond acceptors (Lipinski definition) is 3. The van der Waals surface area contributed by atoms with Gasteiger partial charge in [0, 0.05) is 36.2 Å². The molecule has 0 aromatic heterocycles. The molecule has 1 aliphatic rings. The monoisotopic (exact) mass is 345 g/mol. The molecule has 1 amide bonds. The van der Waals surface area contributed by atoms with Crippen LogP contribution in [0.3, 0.4) is 0 Å². The Morgan fingerprint density at radius 3 is 2.54 bits per heavy atom. The van der Waals surface area contributed by atoms with Crippen molar-refractivity contribution in [2.24, 2.45) is 5.92 Å². The normalized spacial score (nSPS) is 18.4. The molecule has 0 saturated carbocycles. The summed E-state index contributed by atoms with van der Waals surface area (Å²) in [6, 6.07) is 16.4. The largest absolute Gasteiger partial charge is 0.476 e. The molecule has 1 saturated heterocycles. The lowest BCUT2D eigenvalue weighted by Gasteiger charge is -2.24. The van der Waals surface area contributed by atoms with Crippen molar-refractivity contribution in [3.05, 3.63) is 65.2 Å². The second-order valence-corrected chi connectivity index (χ2v) is 6.42. The van der Waals surface area contributed by atoms with Crippen LogP contribution in [0.2, 0.25) is 5.02 Å². The molecule has 1 heterocycles. The summed E-state index contributed by atoms with van der Waals surface area (Å²) >= 11 is 5.91. The van der Waals surface area contributed by atoms with Crippen molar-refractivity contribution in [3.8, 4) is 5.75 Å². The molecule has 0 radical (unpaired) electrons. The lowest BCUT2D eigenvalue weighted by Crippen LogP contribution is -2.36. The maximum Gasteiger partial charge on any atom is 0.268 e. The summed E-state index contributed by atoms with van der Waals surface area (Å²) in [6.07, 6.45) is 0.120. The van der Waals surface area contributed by atoms with Crippen molar-refractivity contribution >= 4 is 17.5 Å². The van der Waals surface area contributed by atoms with E-state index in [-0.39, 0.29) is 18.4 Å². The van der Waals surface area contributed by atoms with E-state index in [1.165, 1.54) is 0 Å². The molecule has 1 fully saturated rings. The molecule has 4 nitrogen and oxygen atoms in total. The first-order valence-electron chi connectivity index (χ1n) is 8.04. The summed E-state index contributed by atoms with van der Waals surface area (Å²) in [4.78, 5) is 14.7. The number of hydrogen-bond donors (Lipinski definition) is 1. The molecule has 0 bridgehead atoms. The highest BCUT2D eigenvalue weighted by atomic mass is 35.5. The Kier molecular flexibility index (Phi) is 5.38. The third kappa shape index (κ3) is 3.89. The average Bonchev–Trinajstić information content (AvgIpc) is 3.11. The number of aliphatic hydroxyl groups is 1. The topological polar surface area (TPSA) is 49.8 Å². The molecule has 3 rings (SSSR count). The van der Waals surface area contributed by atoms with Gasteiger partial charge >= 0.3 is 0 Å². The zero-order valence-corrected chi connectivity index (χ0v) is 14.0. The van der Waals surface area contributed by atoms with Crippen LogP contribution in [-0.4, -0.2) is 35.6 Å². The van der Waals surface area contributed by atoms with E-state index in [0.717, 1.165) is 12.0 Å². The van der Waals surface area contributed by atoms with Crippen LogP contribution >= 0.6 is 11.6 Å². The van der Waals surface area contributed by atoms with E-state index >= 15 is 0 Å². The second-order valence-electron chi connectivity index (χ2n) is 5.98. The van der Waals surface area contributed by atoms with E-state index in [1.807, 2.05) is 30.3 Å². The number of rotatable bonds is 5.